The second kappa shape index (κ2) is 9.71. The van der Waals surface area contributed by atoms with E-state index in [4.69, 9.17) is 4.74 Å². The topological polar surface area (TPSA) is 87.1 Å². The molecule has 2 N–H and O–H groups in total. The fraction of sp³-hybridized carbons (Fsp3) is 0.185. The molecule has 3 aromatic rings. The van der Waals surface area contributed by atoms with Crippen LogP contribution in [0.1, 0.15) is 16.7 Å². The maximum atomic E-state index is 13.0. The van der Waals surface area contributed by atoms with E-state index in [9.17, 15) is 19.8 Å². The van der Waals surface area contributed by atoms with Gasteiger partial charge in [0.1, 0.15) is 6.61 Å². The highest BCUT2D eigenvalue weighted by atomic mass is 16.5. The fourth-order valence-electron chi connectivity index (χ4n) is 4.12. The lowest BCUT2D eigenvalue weighted by atomic mass is 9.90. The van der Waals surface area contributed by atoms with Gasteiger partial charge in [-0.1, -0.05) is 91.0 Å². The Bertz CT molecular complexity index is 1140. The number of aliphatic hydroxyl groups excluding tert-OH is 1. The van der Waals surface area contributed by atoms with Gasteiger partial charge in [0.05, 0.1) is 18.5 Å². The molecule has 0 radical (unpaired) electrons. The highest BCUT2D eigenvalue weighted by molar-refractivity contribution is 6.06. The van der Waals surface area contributed by atoms with Crippen LogP contribution in [-0.4, -0.2) is 45.9 Å². The second-order valence-corrected chi connectivity index (χ2v) is 7.91. The molecular weight excluding hydrogens is 418 g/mol. The molecule has 6 heteroatoms. The summed E-state index contributed by atoms with van der Waals surface area (Å²) in [6.45, 7) is -0.174. The highest BCUT2D eigenvalue weighted by Gasteiger charge is 2.51. The molecule has 3 aromatic carbocycles. The molecular formula is C27H25NO5. The summed E-state index contributed by atoms with van der Waals surface area (Å²) in [6.07, 6.45) is 0.188. The van der Waals surface area contributed by atoms with Gasteiger partial charge in [-0.3, -0.25) is 14.5 Å². The maximum absolute atomic E-state index is 13.0. The SMILES string of the molecule is O=C(Cc1ccccc1)OCCN1C(=O)C(O)=C(c2ccccc2)C1(O)Cc1ccccc1. The molecule has 4 rings (SSSR count). The predicted octanol–water partition coefficient (Wildman–Crippen LogP) is 3.52. The summed E-state index contributed by atoms with van der Waals surface area (Å²) in [5, 5.41) is 22.5. The molecule has 168 valence electrons. The summed E-state index contributed by atoms with van der Waals surface area (Å²) >= 11 is 0. The van der Waals surface area contributed by atoms with Crippen molar-refractivity contribution in [2.45, 2.75) is 18.6 Å². The number of hydrogen-bond donors (Lipinski definition) is 2. The number of carbonyl (C=O) groups excluding carboxylic acids is 2. The summed E-state index contributed by atoms with van der Waals surface area (Å²) in [4.78, 5) is 26.4. The minimum atomic E-state index is -1.80. The molecule has 0 saturated carbocycles. The Morgan fingerprint density at radius 1 is 0.848 bits per heavy atom. The van der Waals surface area contributed by atoms with E-state index in [1.165, 1.54) is 4.90 Å². The Hall–Kier alpha value is -3.90. The number of carbonyl (C=O) groups is 2. The fourth-order valence-corrected chi connectivity index (χ4v) is 4.12. The van der Waals surface area contributed by atoms with Gasteiger partial charge in [0, 0.05) is 6.42 Å². The molecule has 0 fully saturated rings. The molecule has 33 heavy (non-hydrogen) atoms. The summed E-state index contributed by atoms with van der Waals surface area (Å²) in [5.41, 5.74) is 0.515. The molecule has 6 nitrogen and oxygen atoms in total. The lowest BCUT2D eigenvalue weighted by Crippen LogP contribution is -2.51. The Morgan fingerprint density at radius 3 is 2.00 bits per heavy atom. The molecule has 1 heterocycles. The van der Waals surface area contributed by atoms with E-state index < -0.39 is 23.4 Å². The zero-order valence-corrected chi connectivity index (χ0v) is 18.1. The van der Waals surface area contributed by atoms with E-state index in [1.807, 2.05) is 66.7 Å². The van der Waals surface area contributed by atoms with Crippen LogP contribution in [0.25, 0.3) is 5.57 Å². The molecule has 0 bridgehead atoms. The van der Waals surface area contributed by atoms with Gasteiger partial charge in [0.15, 0.2) is 11.5 Å². The number of rotatable bonds is 8. The Labute approximate surface area is 192 Å². The Balaban J connectivity index is 1.54. The molecule has 1 aliphatic rings. The van der Waals surface area contributed by atoms with Crippen LogP contribution in [0.5, 0.6) is 0 Å². The van der Waals surface area contributed by atoms with Crippen molar-refractivity contribution in [3.8, 4) is 0 Å². The Kier molecular flexibility index (Phi) is 6.56. The van der Waals surface area contributed by atoms with Crippen LogP contribution >= 0.6 is 0 Å². The van der Waals surface area contributed by atoms with Crippen LogP contribution in [0, 0.1) is 0 Å². The van der Waals surface area contributed by atoms with E-state index in [-0.39, 0.29) is 31.6 Å². The standard InChI is InChI=1S/C27H25NO5/c29-23(18-20-10-4-1-5-11-20)33-17-16-28-26(31)25(30)24(22-14-8-3-9-15-22)27(28,32)19-21-12-6-2-7-13-21/h1-15,30,32H,16-19H2. The predicted molar refractivity (Wildman–Crippen MR) is 124 cm³/mol. The molecule has 0 aliphatic carbocycles. The molecule has 1 atom stereocenters. The quantitative estimate of drug-likeness (QED) is 0.520. The van der Waals surface area contributed by atoms with Gasteiger partial charge in [0.2, 0.25) is 0 Å². The van der Waals surface area contributed by atoms with Gasteiger partial charge in [-0.25, -0.2) is 0 Å². The maximum Gasteiger partial charge on any atom is 0.310 e. The zero-order chi connectivity index (χ0) is 23.3. The van der Waals surface area contributed by atoms with E-state index in [0.29, 0.717) is 5.56 Å². The van der Waals surface area contributed by atoms with Crippen molar-refractivity contribution in [3.05, 3.63) is 113 Å². The molecule has 1 aliphatic heterocycles. The zero-order valence-electron chi connectivity index (χ0n) is 18.1. The van der Waals surface area contributed by atoms with Crippen molar-refractivity contribution < 1.29 is 24.5 Å². The first kappa shape index (κ1) is 22.3. The average Bonchev–Trinajstić information content (AvgIpc) is 3.01. The second-order valence-electron chi connectivity index (χ2n) is 7.91. The van der Waals surface area contributed by atoms with Crippen LogP contribution in [0.15, 0.2) is 96.8 Å². The van der Waals surface area contributed by atoms with Crippen molar-refractivity contribution in [1.82, 2.24) is 4.90 Å². The normalized spacial score (nSPS) is 18.0. The van der Waals surface area contributed by atoms with E-state index in [0.717, 1.165) is 11.1 Å². The summed E-state index contributed by atoms with van der Waals surface area (Å²) in [5.74, 6) is -1.64. The smallest absolute Gasteiger partial charge is 0.310 e. The van der Waals surface area contributed by atoms with Crippen LogP contribution in [0.2, 0.25) is 0 Å². The van der Waals surface area contributed by atoms with E-state index in [2.05, 4.69) is 0 Å². The van der Waals surface area contributed by atoms with Gasteiger partial charge in [-0.05, 0) is 16.7 Å². The number of nitrogens with zero attached hydrogens (tertiary/aromatic N) is 1. The van der Waals surface area contributed by atoms with Crippen molar-refractivity contribution >= 4 is 17.4 Å². The number of benzene rings is 3. The summed E-state index contributed by atoms with van der Waals surface area (Å²) in [7, 11) is 0. The molecule has 0 spiro atoms. The van der Waals surface area contributed by atoms with Gasteiger partial charge in [-0.2, -0.15) is 0 Å². The third-order valence-corrected chi connectivity index (χ3v) is 5.66. The van der Waals surface area contributed by atoms with E-state index in [1.54, 1.807) is 24.3 Å². The first-order valence-electron chi connectivity index (χ1n) is 10.8. The van der Waals surface area contributed by atoms with Gasteiger partial charge in [-0.15, -0.1) is 0 Å². The number of hydrogen-bond acceptors (Lipinski definition) is 5. The molecule has 0 aromatic heterocycles. The minimum Gasteiger partial charge on any atom is -0.503 e. The van der Waals surface area contributed by atoms with Crippen LogP contribution in [0.3, 0.4) is 0 Å². The third kappa shape index (κ3) is 4.81. The monoisotopic (exact) mass is 443 g/mol. The number of amides is 1. The van der Waals surface area contributed by atoms with Gasteiger partial charge in [0.25, 0.3) is 5.91 Å². The van der Waals surface area contributed by atoms with Crippen LogP contribution in [0.4, 0.5) is 0 Å². The minimum absolute atomic E-state index is 0.0664. The largest absolute Gasteiger partial charge is 0.503 e. The number of ether oxygens (including phenoxy) is 1. The Morgan fingerprint density at radius 2 is 1.39 bits per heavy atom. The molecule has 1 amide bonds. The summed E-state index contributed by atoms with van der Waals surface area (Å²) in [6, 6.07) is 27.3. The third-order valence-electron chi connectivity index (χ3n) is 5.66. The van der Waals surface area contributed by atoms with E-state index >= 15 is 0 Å². The van der Waals surface area contributed by atoms with Crippen LogP contribution in [-0.2, 0) is 27.2 Å². The van der Waals surface area contributed by atoms with Crippen LogP contribution < -0.4 is 0 Å². The number of esters is 1. The first-order valence-corrected chi connectivity index (χ1v) is 10.8. The average molecular weight is 443 g/mol. The van der Waals surface area contributed by atoms with Gasteiger partial charge >= 0.3 is 5.97 Å². The number of aliphatic hydroxyl groups is 2. The van der Waals surface area contributed by atoms with Gasteiger partial charge < -0.3 is 14.9 Å². The van der Waals surface area contributed by atoms with Crippen molar-refractivity contribution in [3.63, 3.8) is 0 Å². The summed E-state index contributed by atoms with van der Waals surface area (Å²) < 4.78 is 5.33. The first-order chi connectivity index (χ1) is 16.0. The van der Waals surface area contributed by atoms with Crippen molar-refractivity contribution in [1.29, 1.82) is 0 Å². The van der Waals surface area contributed by atoms with Crippen molar-refractivity contribution in [2.24, 2.45) is 0 Å². The molecule has 0 saturated heterocycles. The lowest BCUT2D eigenvalue weighted by molar-refractivity contribution is -0.151. The lowest BCUT2D eigenvalue weighted by Gasteiger charge is -2.36. The highest BCUT2D eigenvalue weighted by Crippen LogP contribution is 2.41. The molecule has 1 unspecified atom stereocenters. The van der Waals surface area contributed by atoms with Crippen molar-refractivity contribution in [2.75, 3.05) is 13.2 Å².